The quantitative estimate of drug-likeness (QED) is 0.835. The molecule has 0 fully saturated rings. The molecule has 0 radical (unpaired) electrons. The summed E-state index contributed by atoms with van der Waals surface area (Å²) in [5.74, 6) is 0. The maximum atomic E-state index is 5.72. The van der Waals surface area contributed by atoms with Crippen molar-refractivity contribution in [3.05, 3.63) is 32.3 Å². The number of benzene rings is 1. The van der Waals surface area contributed by atoms with Crippen LogP contribution in [0.4, 0.5) is 0 Å². The molecule has 0 unspecified atom stereocenters. The zero-order valence-corrected chi connectivity index (χ0v) is 11.5. The first kappa shape index (κ1) is 13.9. The second-order valence-electron chi connectivity index (χ2n) is 3.50. The highest BCUT2D eigenvalue weighted by Crippen LogP contribution is 2.30. The van der Waals surface area contributed by atoms with Crippen molar-refractivity contribution in [1.29, 1.82) is 0 Å². The molecule has 0 aliphatic heterocycles. The SMILES string of the molecule is Cc1c(C)c(CN)c(C)c(C)c1Br.Cl. The minimum absolute atomic E-state index is 0. The van der Waals surface area contributed by atoms with Crippen molar-refractivity contribution in [2.45, 2.75) is 34.2 Å². The summed E-state index contributed by atoms with van der Waals surface area (Å²) >= 11 is 3.60. The molecule has 0 saturated carbocycles. The lowest BCUT2D eigenvalue weighted by Gasteiger charge is -2.16. The molecule has 0 aromatic heterocycles. The third-order valence-electron chi connectivity index (χ3n) is 2.89. The van der Waals surface area contributed by atoms with E-state index < -0.39 is 0 Å². The fourth-order valence-corrected chi connectivity index (χ4v) is 2.25. The highest BCUT2D eigenvalue weighted by molar-refractivity contribution is 9.10. The third kappa shape index (κ3) is 2.13. The highest BCUT2D eigenvalue weighted by Gasteiger charge is 2.11. The molecule has 0 amide bonds. The minimum atomic E-state index is 0. The van der Waals surface area contributed by atoms with E-state index in [1.54, 1.807) is 0 Å². The van der Waals surface area contributed by atoms with Gasteiger partial charge in [-0.15, -0.1) is 12.4 Å². The summed E-state index contributed by atoms with van der Waals surface area (Å²) in [5, 5.41) is 0. The topological polar surface area (TPSA) is 26.0 Å². The molecule has 0 heterocycles. The predicted octanol–water partition coefficient (Wildman–Crippen LogP) is 3.56. The molecule has 1 aromatic carbocycles. The van der Waals surface area contributed by atoms with Crippen LogP contribution in [0.1, 0.15) is 27.8 Å². The maximum Gasteiger partial charge on any atom is 0.0239 e. The van der Waals surface area contributed by atoms with Crippen LogP contribution in [0.5, 0.6) is 0 Å². The Morgan fingerprint density at radius 1 is 0.929 bits per heavy atom. The average molecular weight is 279 g/mol. The molecule has 0 spiro atoms. The number of hydrogen-bond donors (Lipinski definition) is 1. The summed E-state index contributed by atoms with van der Waals surface area (Å²) in [6.07, 6.45) is 0. The lowest BCUT2D eigenvalue weighted by atomic mass is 9.94. The zero-order valence-electron chi connectivity index (χ0n) is 9.07. The van der Waals surface area contributed by atoms with Crippen molar-refractivity contribution in [1.82, 2.24) is 0 Å². The molecule has 0 aliphatic rings. The molecule has 0 saturated heterocycles. The summed E-state index contributed by atoms with van der Waals surface area (Å²) in [4.78, 5) is 0. The molecule has 2 N–H and O–H groups in total. The van der Waals surface area contributed by atoms with Crippen LogP contribution in [0.2, 0.25) is 0 Å². The fraction of sp³-hybridized carbons (Fsp3) is 0.455. The van der Waals surface area contributed by atoms with Crippen molar-refractivity contribution in [3.8, 4) is 0 Å². The Hall–Kier alpha value is -0.0500. The van der Waals surface area contributed by atoms with Crippen molar-refractivity contribution in [2.24, 2.45) is 5.73 Å². The van der Waals surface area contributed by atoms with Crippen LogP contribution in [0, 0.1) is 27.7 Å². The van der Waals surface area contributed by atoms with Crippen molar-refractivity contribution in [3.63, 3.8) is 0 Å². The van der Waals surface area contributed by atoms with E-state index in [2.05, 4.69) is 43.6 Å². The normalized spacial score (nSPS) is 9.86. The zero-order chi connectivity index (χ0) is 10.2. The molecule has 1 nitrogen and oxygen atoms in total. The Kier molecular flexibility index (Phi) is 5.13. The van der Waals surface area contributed by atoms with Gasteiger partial charge in [-0.1, -0.05) is 15.9 Å². The van der Waals surface area contributed by atoms with Gasteiger partial charge in [0.15, 0.2) is 0 Å². The molecular weight excluding hydrogens is 261 g/mol. The van der Waals surface area contributed by atoms with Gasteiger partial charge in [0.1, 0.15) is 0 Å². The molecule has 3 heteroatoms. The Bertz CT molecular complexity index is 319. The molecular formula is C11H17BrClN. The number of hydrogen-bond acceptors (Lipinski definition) is 1. The van der Waals surface area contributed by atoms with Crippen LogP contribution < -0.4 is 5.73 Å². The smallest absolute Gasteiger partial charge is 0.0239 e. The van der Waals surface area contributed by atoms with Gasteiger partial charge in [0.2, 0.25) is 0 Å². The predicted molar refractivity (Wildman–Crippen MR) is 68.2 cm³/mol. The first-order valence-corrected chi connectivity index (χ1v) is 5.24. The van der Waals surface area contributed by atoms with E-state index in [-0.39, 0.29) is 12.4 Å². The van der Waals surface area contributed by atoms with E-state index in [9.17, 15) is 0 Å². The van der Waals surface area contributed by atoms with Crippen molar-refractivity contribution in [2.75, 3.05) is 0 Å². The fourth-order valence-electron chi connectivity index (χ4n) is 1.65. The third-order valence-corrected chi connectivity index (χ3v) is 4.08. The van der Waals surface area contributed by atoms with Gasteiger partial charge in [0.25, 0.3) is 0 Å². The van der Waals surface area contributed by atoms with Crippen LogP contribution in [-0.2, 0) is 6.54 Å². The van der Waals surface area contributed by atoms with Crippen LogP contribution in [0.25, 0.3) is 0 Å². The number of halogens is 2. The van der Waals surface area contributed by atoms with E-state index in [0.29, 0.717) is 6.54 Å². The summed E-state index contributed by atoms with van der Waals surface area (Å²) in [5.41, 5.74) is 12.3. The van der Waals surface area contributed by atoms with Gasteiger partial charge in [-0.05, 0) is 55.5 Å². The van der Waals surface area contributed by atoms with Gasteiger partial charge in [0, 0.05) is 11.0 Å². The second kappa shape index (κ2) is 5.15. The van der Waals surface area contributed by atoms with Crippen LogP contribution >= 0.6 is 28.3 Å². The van der Waals surface area contributed by atoms with Gasteiger partial charge >= 0.3 is 0 Å². The molecule has 1 aromatic rings. The van der Waals surface area contributed by atoms with E-state index >= 15 is 0 Å². The molecule has 80 valence electrons. The summed E-state index contributed by atoms with van der Waals surface area (Å²) < 4.78 is 1.22. The monoisotopic (exact) mass is 277 g/mol. The van der Waals surface area contributed by atoms with Gasteiger partial charge in [-0.2, -0.15) is 0 Å². The standard InChI is InChI=1S/C11H16BrN.ClH/c1-6-8(3)11(12)9(4)7(2)10(6)5-13;/h5,13H2,1-4H3;1H. The molecule has 0 aliphatic carbocycles. The Balaban J connectivity index is 0.00000169. The van der Waals surface area contributed by atoms with Gasteiger partial charge in [-0.3, -0.25) is 0 Å². The van der Waals surface area contributed by atoms with Crippen molar-refractivity contribution >= 4 is 28.3 Å². The van der Waals surface area contributed by atoms with E-state index in [1.807, 2.05) is 0 Å². The lowest BCUT2D eigenvalue weighted by molar-refractivity contribution is 1.00. The lowest BCUT2D eigenvalue weighted by Crippen LogP contribution is -2.06. The summed E-state index contributed by atoms with van der Waals surface area (Å²) in [7, 11) is 0. The first-order valence-electron chi connectivity index (χ1n) is 4.45. The maximum absolute atomic E-state index is 5.72. The average Bonchev–Trinajstić information content (AvgIpc) is 2.13. The van der Waals surface area contributed by atoms with Crippen LogP contribution in [0.3, 0.4) is 0 Å². The van der Waals surface area contributed by atoms with E-state index in [4.69, 9.17) is 5.73 Å². The number of nitrogens with two attached hydrogens (primary N) is 1. The van der Waals surface area contributed by atoms with Crippen LogP contribution in [-0.4, -0.2) is 0 Å². The van der Waals surface area contributed by atoms with Gasteiger partial charge in [0.05, 0.1) is 0 Å². The molecule has 1 rings (SSSR count). The van der Waals surface area contributed by atoms with Crippen LogP contribution in [0.15, 0.2) is 4.47 Å². The number of rotatable bonds is 1. The summed E-state index contributed by atoms with van der Waals surface area (Å²) in [6.45, 7) is 9.16. The van der Waals surface area contributed by atoms with Crippen molar-refractivity contribution < 1.29 is 0 Å². The second-order valence-corrected chi connectivity index (χ2v) is 4.29. The Morgan fingerprint density at radius 2 is 1.29 bits per heavy atom. The molecule has 0 atom stereocenters. The minimum Gasteiger partial charge on any atom is -0.326 e. The highest BCUT2D eigenvalue weighted by atomic mass is 79.9. The molecule has 14 heavy (non-hydrogen) atoms. The first-order chi connectivity index (χ1) is 6.00. The van der Waals surface area contributed by atoms with Gasteiger partial charge in [-0.25, -0.2) is 0 Å². The molecule has 0 bridgehead atoms. The van der Waals surface area contributed by atoms with Gasteiger partial charge < -0.3 is 5.73 Å². The summed E-state index contributed by atoms with van der Waals surface area (Å²) in [6, 6.07) is 0. The largest absolute Gasteiger partial charge is 0.326 e. The van der Waals surface area contributed by atoms with E-state index in [1.165, 1.54) is 32.3 Å². The Morgan fingerprint density at radius 3 is 1.57 bits per heavy atom. The van der Waals surface area contributed by atoms with E-state index in [0.717, 1.165) is 0 Å². The Labute approximate surface area is 101 Å².